The van der Waals surface area contributed by atoms with Crippen LogP contribution < -0.4 is 5.32 Å². The van der Waals surface area contributed by atoms with Crippen molar-refractivity contribution in [2.45, 2.75) is 32.2 Å². The number of rotatable bonds is 3. The SMILES string of the molecule is CC(CC1CCNCC1)N(C)C. The number of hydrogen-bond donors (Lipinski definition) is 1. The van der Waals surface area contributed by atoms with E-state index in [1.54, 1.807) is 0 Å². The zero-order valence-corrected chi connectivity index (χ0v) is 8.64. The van der Waals surface area contributed by atoms with E-state index in [0.717, 1.165) is 12.0 Å². The Morgan fingerprint density at radius 3 is 2.42 bits per heavy atom. The predicted molar refractivity (Wildman–Crippen MR) is 53.4 cm³/mol. The summed E-state index contributed by atoms with van der Waals surface area (Å²) in [5.41, 5.74) is 0. The Morgan fingerprint density at radius 1 is 1.33 bits per heavy atom. The van der Waals surface area contributed by atoms with E-state index < -0.39 is 0 Å². The van der Waals surface area contributed by atoms with Gasteiger partial charge in [-0.1, -0.05) is 0 Å². The van der Waals surface area contributed by atoms with Crippen LogP contribution in [0, 0.1) is 5.92 Å². The Bertz CT molecular complexity index is 117. The van der Waals surface area contributed by atoms with Gasteiger partial charge in [0.25, 0.3) is 0 Å². The molecule has 2 heteroatoms. The van der Waals surface area contributed by atoms with Crippen LogP contribution in [0.15, 0.2) is 0 Å². The van der Waals surface area contributed by atoms with E-state index >= 15 is 0 Å². The van der Waals surface area contributed by atoms with Crippen LogP contribution in [0.1, 0.15) is 26.2 Å². The maximum Gasteiger partial charge on any atom is 0.00634 e. The van der Waals surface area contributed by atoms with Gasteiger partial charge in [-0.3, -0.25) is 0 Å². The Kier molecular flexibility index (Phi) is 4.02. The van der Waals surface area contributed by atoms with Crippen LogP contribution >= 0.6 is 0 Å². The number of nitrogens with one attached hydrogen (secondary N) is 1. The van der Waals surface area contributed by atoms with Gasteiger partial charge >= 0.3 is 0 Å². The minimum atomic E-state index is 0.744. The average Bonchev–Trinajstić information content (AvgIpc) is 2.06. The lowest BCUT2D eigenvalue weighted by atomic mass is 9.91. The lowest BCUT2D eigenvalue weighted by molar-refractivity contribution is 0.235. The molecule has 12 heavy (non-hydrogen) atoms. The molecule has 1 N–H and O–H groups in total. The Morgan fingerprint density at radius 2 is 1.92 bits per heavy atom. The van der Waals surface area contributed by atoms with Crippen molar-refractivity contribution in [3.05, 3.63) is 0 Å². The van der Waals surface area contributed by atoms with Crippen molar-refractivity contribution in [3.63, 3.8) is 0 Å². The predicted octanol–water partition coefficient (Wildman–Crippen LogP) is 1.33. The van der Waals surface area contributed by atoms with Crippen LogP contribution in [0.3, 0.4) is 0 Å². The molecule has 0 amide bonds. The number of nitrogens with zero attached hydrogens (tertiary/aromatic N) is 1. The van der Waals surface area contributed by atoms with E-state index in [1.807, 2.05) is 0 Å². The molecule has 0 radical (unpaired) electrons. The summed E-state index contributed by atoms with van der Waals surface area (Å²) in [5.74, 6) is 0.962. The molecule has 1 atom stereocenters. The maximum absolute atomic E-state index is 3.40. The Labute approximate surface area is 76.3 Å². The Balaban J connectivity index is 2.20. The quantitative estimate of drug-likeness (QED) is 0.687. The monoisotopic (exact) mass is 170 g/mol. The fraction of sp³-hybridized carbons (Fsp3) is 1.00. The topological polar surface area (TPSA) is 15.3 Å². The maximum atomic E-state index is 3.40. The van der Waals surface area contributed by atoms with Gasteiger partial charge in [-0.25, -0.2) is 0 Å². The molecule has 0 bridgehead atoms. The molecule has 1 unspecified atom stereocenters. The van der Waals surface area contributed by atoms with Crippen LogP contribution in [0.2, 0.25) is 0 Å². The highest BCUT2D eigenvalue weighted by molar-refractivity contribution is 4.73. The zero-order valence-electron chi connectivity index (χ0n) is 8.64. The highest BCUT2D eigenvalue weighted by Gasteiger charge is 2.16. The van der Waals surface area contributed by atoms with Crippen LogP contribution in [-0.2, 0) is 0 Å². The van der Waals surface area contributed by atoms with E-state index in [1.165, 1.54) is 32.4 Å². The lowest BCUT2D eigenvalue weighted by Crippen LogP contribution is -2.33. The van der Waals surface area contributed by atoms with Crippen molar-refractivity contribution in [1.82, 2.24) is 10.2 Å². The van der Waals surface area contributed by atoms with Crippen LogP contribution in [-0.4, -0.2) is 38.1 Å². The van der Waals surface area contributed by atoms with Gasteiger partial charge in [-0.05, 0) is 59.3 Å². The second-order valence-electron chi connectivity index (χ2n) is 4.24. The van der Waals surface area contributed by atoms with E-state index in [9.17, 15) is 0 Å². The van der Waals surface area contributed by atoms with Crippen LogP contribution in [0.5, 0.6) is 0 Å². The minimum Gasteiger partial charge on any atom is -0.317 e. The molecule has 0 aromatic carbocycles. The first-order chi connectivity index (χ1) is 5.70. The zero-order chi connectivity index (χ0) is 8.97. The van der Waals surface area contributed by atoms with Gasteiger partial charge in [-0.2, -0.15) is 0 Å². The van der Waals surface area contributed by atoms with Crippen LogP contribution in [0.4, 0.5) is 0 Å². The Hall–Kier alpha value is -0.0800. The van der Waals surface area contributed by atoms with Gasteiger partial charge in [0.15, 0.2) is 0 Å². The van der Waals surface area contributed by atoms with E-state index in [4.69, 9.17) is 0 Å². The third-order valence-corrected chi connectivity index (χ3v) is 3.01. The normalized spacial score (nSPS) is 23.0. The standard InChI is InChI=1S/C10H22N2/c1-9(12(2)3)8-10-4-6-11-7-5-10/h9-11H,4-8H2,1-3H3. The molecule has 0 saturated carbocycles. The summed E-state index contributed by atoms with van der Waals surface area (Å²) in [4.78, 5) is 2.32. The molecule has 0 aromatic rings. The molecule has 1 fully saturated rings. The molecule has 1 aliphatic heterocycles. The van der Waals surface area contributed by atoms with Gasteiger partial charge in [0.1, 0.15) is 0 Å². The molecule has 1 saturated heterocycles. The van der Waals surface area contributed by atoms with Gasteiger partial charge in [-0.15, -0.1) is 0 Å². The van der Waals surface area contributed by atoms with Crippen molar-refractivity contribution in [1.29, 1.82) is 0 Å². The molecule has 1 heterocycles. The van der Waals surface area contributed by atoms with Gasteiger partial charge in [0.05, 0.1) is 0 Å². The molecule has 0 spiro atoms. The largest absolute Gasteiger partial charge is 0.317 e. The number of hydrogen-bond acceptors (Lipinski definition) is 2. The molecule has 1 rings (SSSR count). The highest BCUT2D eigenvalue weighted by atomic mass is 15.1. The molecule has 0 aromatic heterocycles. The summed E-state index contributed by atoms with van der Waals surface area (Å²) < 4.78 is 0. The first kappa shape index (κ1) is 10.0. The third kappa shape index (κ3) is 3.11. The van der Waals surface area contributed by atoms with Crippen molar-refractivity contribution in [2.75, 3.05) is 27.2 Å². The summed E-state index contributed by atoms with van der Waals surface area (Å²) >= 11 is 0. The molecule has 0 aliphatic carbocycles. The molecule has 1 aliphatic rings. The van der Waals surface area contributed by atoms with Crippen molar-refractivity contribution in [3.8, 4) is 0 Å². The molecular weight excluding hydrogens is 148 g/mol. The third-order valence-electron chi connectivity index (χ3n) is 3.01. The summed E-state index contributed by atoms with van der Waals surface area (Å²) in [5, 5.41) is 3.40. The van der Waals surface area contributed by atoms with Crippen molar-refractivity contribution < 1.29 is 0 Å². The minimum absolute atomic E-state index is 0.744. The van der Waals surface area contributed by atoms with E-state index in [0.29, 0.717) is 0 Å². The average molecular weight is 170 g/mol. The smallest absolute Gasteiger partial charge is 0.00634 e. The van der Waals surface area contributed by atoms with Crippen molar-refractivity contribution >= 4 is 0 Å². The van der Waals surface area contributed by atoms with Gasteiger partial charge in [0.2, 0.25) is 0 Å². The second-order valence-corrected chi connectivity index (χ2v) is 4.24. The first-order valence-electron chi connectivity index (χ1n) is 5.07. The summed E-state index contributed by atoms with van der Waals surface area (Å²) in [7, 11) is 4.34. The summed E-state index contributed by atoms with van der Waals surface area (Å²) in [6, 6.07) is 0.744. The van der Waals surface area contributed by atoms with Gasteiger partial charge in [0, 0.05) is 6.04 Å². The second kappa shape index (κ2) is 4.83. The fourth-order valence-electron chi connectivity index (χ4n) is 1.81. The lowest BCUT2D eigenvalue weighted by Gasteiger charge is -2.28. The molecular formula is C10H22N2. The molecule has 2 nitrogen and oxygen atoms in total. The summed E-state index contributed by atoms with van der Waals surface area (Å²) in [6.07, 6.45) is 4.12. The number of piperidine rings is 1. The first-order valence-corrected chi connectivity index (χ1v) is 5.07. The van der Waals surface area contributed by atoms with E-state index in [-0.39, 0.29) is 0 Å². The van der Waals surface area contributed by atoms with Gasteiger partial charge < -0.3 is 10.2 Å². The fourth-order valence-corrected chi connectivity index (χ4v) is 1.81. The summed E-state index contributed by atoms with van der Waals surface area (Å²) in [6.45, 7) is 4.78. The van der Waals surface area contributed by atoms with Crippen molar-refractivity contribution in [2.24, 2.45) is 5.92 Å². The van der Waals surface area contributed by atoms with E-state index in [2.05, 4.69) is 31.2 Å². The molecule has 72 valence electrons. The van der Waals surface area contributed by atoms with Crippen LogP contribution in [0.25, 0.3) is 0 Å². The highest BCUT2D eigenvalue weighted by Crippen LogP contribution is 2.19.